The fourth-order valence-electron chi connectivity index (χ4n) is 5.30. The van der Waals surface area contributed by atoms with Crippen LogP contribution in [0.5, 0.6) is 23.0 Å². The molecule has 2 aliphatic rings. The maximum Gasteiger partial charge on any atom is 0.328 e. The van der Waals surface area contributed by atoms with Crippen molar-refractivity contribution in [1.82, 2.24) is 9.13 Å². The van der Waals surface area contributed by atoms with Crippen LogP contribution in [-0.2, 0) is 18.9 Å². The number of aromatic nitrogens is 2. The summed E-state index contributed by atoms with van der Waals surface area (Å²) in [6.07, 6.45) is 1.68. The number of aryl methyl sites for hydroxylation is 2. The first-order valence-corrected chi connectivity index (χ1v) is 12.0. The van der Waals surface area contributed by atoms with Gasteiger partial charge in [0.15, 0.2) is 17.3 Å². The van der Waals surface area contributed by atoms with Crippen LogP contribution in [0, 0.1) is 0 Å². The highest BCUT2D eigenvalue weighted by molar-refractivity contribution is 6.15. The largest absolute Gasteiger partial charge is 0.493 e. The van der Waals surface area contributed by atoms with Crippen LogP contribution in [0.1, 0.15) is 39.4 Å². The van der Waals surface area contributed by atoms with Crippen molar-refractivity contribution >= 4 is 28.9 Å². The predicted molar refractivity (Wildman–Crippen MR) is 139 cm³/mol. The Morgan fingerprint density at radius 1 is 0.921 bits per heavy atom. The van der Waals surface area contributed by atoms with Gasteiger partial charge in [-0.3, -0.25) is 18.7 Å². The van der Waals surface area contributed by atoms with Gasteiger partial charge in [-0.2, -0.15) is 0 Å². The number of benzene rings is 3. The third-order valence-corrected chi connectivity index (χ3v) is 7.20. The second kappa shape index (κ2) is 8.65. The van der Waals surface area contributed by atoms with Gasteiger partial charge in [0, 0.05) is 31.1 Å². The molecule has 0 spiro atoms. The van der Waals surface area contributed by atoms with Gasteiger partial charge < -0.3 is 18.9 Å². The van der Waals surface area contributed by atoms with Crippen molar-refractivity contribution < 1.29 is 28.5 Å². The highest BCUT2D eigenvalue weighted by Crippen LogP contribution is 2.49. The fourth-order valence-corrected chi connectivity index (χ4v) is 5.30. The van der Waals surface area contributed by atoms with Crippen LogP contribution in [0.3, 0.4) is 0 Å². The van der Waals surface area contributed by atoms with E-state index in [4.69, 9.17) is 18.9 Å². The molecule has 0 saturated heterocycles. The first-order valence-electron chi connectivity index (χ1n) is 12.0. The Balaban J connectivity index is 1.48. The molecule has 9 heteroatoms. The van der Waals surface area contributed by atoms with Crippen LogP contribution in [0.4, 0.5) is 0 Å². The Hall–Kier alpha value is -4.79. The van der Waals surface area contributed by atoms with Gasteiger partial charge in [0.25, 0.3) is 0 Å². The molecule has 0 unspecified atom stereocenters. The average Bonchev–Trinajstić information content (AvgIpc) is 3.35. The minimum atomic E-state index is -0.431. The molecule has 1 atom stereocenters. The molecule has 0 aliphatic carbocycles. The molecular weight excluding hydrogens is 488 g/mol. The standard InChI is InChI=1S/C29H24N2O7/c1-30-19-10-8-15(12-20(19)31(2)29(30)34)18-14-24(32)37-21-11-9-17-26(33)23(38-28(17)25(18)21)13-16-6-5-7-22(35-3)27(16)36-4/h5-13,18H,14H2,1-4H3/b23-13-/t18-/m1/s1. The molecule has 4 aromatic rings. The number of rotatable bonds is 4. The summed E-state index contributed by atoms with van der Waals surface area (Å²) < 4.78 is 25.8. The SMILES string of the molecule is COc1cccc(/C=C2\Oc3c(ccc4c3[C@@H](c3ccc5c(c3)n(C)c(=O)n5C)CC(=O)O4)C2=O)c1OC. The summed E-state index contributed by atoms with van der Waals surface area (Å²) in [5, 5.41) is 0. The van der Waals surface area contributed by atoms with E-state index in [-0.39, 0.29) is 29.6 Å². The van der Waals surface area contributed by atoms with Crippen molar-refractivity contribution in [3.05, 3.63) is 87.0 Å². The topological polar surface area (TPSA) is 98.0 Å². The first-order chi connectivity index (χ1) is 18.3. The van der Waals surface area contributed by atoms with Crippen molar-refractivity contribution in [1.29, 1.82) is 0 Å². The molecule has 0 bridgehead atoms. The maximum absolute atomic E-state index is 13.4. The van der Waals surface area contributed by atoms with Crippen LogP contribution < -0.4 is 24.6 Å². The molecule has 3 heterocycles. The molecule has 0 saturated carbocycles. The van der Waals surface area contributed by atoms with E-state index in [1.807, 2.05) is 18.2 Å². The number of para-hydroxylation sites is 1. The van der Waals surface area contributed by atoms with Gasteiger partial charge in [0.2, 0.25) is 5.78 Å². The lowest BCUT2D eigenvalue weighted by Crippen LogP contribution is -2.21. The number of nitrogens with zero attached hydrogens (tertiary/aromatic N) is 2. The van der Waals surface area contributed by atoms with E-state index in [2.05, 4.69) is 0 Å². The van der Waals surface area contributed by atoms with Crippen LogP contribution in [0.25, 0.3) is 17.1 Å². The number of ketones is 1. The second-order valence-corrected chi connectivity index (χ2v) is 9.26. The second-order valence-electron chi connectivity index (χ2n) is 9.26. The van der Waals surface area contributed by atoms with E-state index in [1.54, 1.807) is 66.7 Å². The zero-order chi connectivity index (χ0) is 26.7. The summed E-state index contributed by atoms with van der Waals surface area (Å²) in [4.78, 5) is 38.4. The van der Waals surface area contributed by atoms with Crippen molar-refractivity contribution in [2.75, 3.05) is 14.2 Å². The Morgan fingerprint density at radius 3 is 2.47 bits per heavy atom. The normalized spacial score (nSPS) is 17.3. The molecule has 0 radical (unpaired) electrons. The van der Waals surface area contributed by atoms with E-state index in [9.17, 15) is 14.4 Å². The summed E-state index contributed by atoms with van der Waals surface area (Å²) in [5.74, 6) is 0.733. The van der Waals surface area contributed by atoms with Gasteiger partial charge in [-0.1, -0.05) is 18.2 Å². The van der Waals surface area contributed by atoms with Crippen LogP contribution in [0.15, 0.2) is 59.1 Å². The molecule has 6 rings (SSSR count). The first kappa shape index (κ1) is 23.6. The minimum Gasteiger partial charge on any atom is -0.493 e. The highest BCUT2D eigenvalue weighted by atomic mass is 16.5. The van der Waals surface area contributed by atoms with E-state index in [1.165, 1.54) is 7.11 Å². The van der Waals surface area contributed by atoms with Gasteiger partial charge in [0.1, 0.15) is 11.5 Å². The number of fused-ring (bicyclic) bond motifs is 4. The molecule has 0 amide bonds. The number of Topliss-reactive ketones (excluding diaryl/α,β-unsaturated/α-hetero) is 1. The Morgan fingerprint density at radius 2 is 1.71 bits per heavy atom. The van der Waals surface area contributed by atoms with Crippen molar-refractivity contribution in [2.24, 2.45) is 14.1 Å². The number of hydrogen-bond donors (Lipinski definition) is 0. The van der Waals surface area contributed by atoms with Gasteiger partial charge in [-0.05, 0) is 42.0 Å². The third kappa shape index (κ3) is 3.42. The molecule has 38 heavy (non-hydrogen) atoms. The Bertz CT molecular complexity index is 1760. The number of carbonyl (C=O) groups is 2. The molecule has 3 aromatic carbocycles. The van der Waals surface area contributed by atoms with E-state index in [0.717, 1.165) is 16.6 Å². The molecular formula is C29H24N2O7. The monoisotopic (exact) mass is 512 g/mol. The third-order valence-electron chi connectivity index (χ3n) is 7.20. The lowest BCUT2D eigenvalue weighted by molar-refractivity contribution is -0.135. The molecule has 0 N–H and O–H groups in total. The predicted octanol–water partition coefficient (Wildman–Crippen LogP) is 3.95. The number of imidazole rings is 1. The molecule has 9 nitrogen and oxygen atoms in total. The highest BCUT2D eigenvalue weighted by Gasteiger charge is 2.38. The van der Waals surface area contributed by atoms with Crippen LogP contribution in [-0.4, -0.2) is 35.1 Å². The summed E-state index contributed by atoms with van der Waals surface area (Å²) >= 11 is 0. The smallest absolute Gasteiger partial charge is 0.328 e. The zero-order valence-electron chi connectivity index (χ0n) is 21.2. The van der Waals surface area contributed by atoms with Gasteiger partial charge in [-0.25, -0.2) is 4.79 Å². The number of methoxy groups -OCH3 is 2. The number of ether oxygens (including phenoxy) is 4. The summed E-state index contributed by atoms with van der Waals surface area (Å²) in [5.41, 5.74) is 3.82. The van der Waals surface area contributed by atoms with E-state index in [0.29, 0.717) is 39.7 Å². The number of hydrogen-bond acceptors (Lipinski definition) is 7. The van der Waals surface area contributed by atoms with Crippen LogP contribution in [0.2, 0.25) is 0 Å². The molecule has 192 valence electrons. The van der Waals surface area contributed by atoms with Crippen molar-refractivity contribution in [2.45, 2.75) is 12.3 Å². The minimum absolute atomic E-state index is 0.0655. The average molecular weight is 513 g/mol. The zero-order valence-corrected chi connectivity index (χ0v) is 21.2. The molecule has 0 fully saturated rings. The van der Waals surface area contributed by atoms with Gasteiger partial charge in [0.05, 0.1) is 37.2 Å². The Labute approximate surface area is 217 Å². The fraction of sp³-hybridized carbons (Fsp3) is 0.207. The quantitative estimate of drug-likeness (QED) is 0.232. The number of carbonyl (C=O) groups excluding carboxylic acids is 2. The van der Waals surface area contributed by atoms with Crippen LogP contribution >= 0.6 is 0 Å². The number of allylic oxidation sites excluding steroid dienone is 1. The van der Waals surface area contributed by atoms with Crippen molar-refractivity contribution in [3.63, 3.8) is 0 Å². The maximum atomic E-state index is 13.4. The Kier molecular flexibility index (Phi) is 5.37. The number of esters is 1. The lowest BCUT2D eigenvalue weighted by Gasteiger charge is -2.26. The molecule has 1 aromatic heterocycles. The lowest BCUT2D eigenvalue weighted by atomic mass is 9.84. The summed E-state index contributed by atoms with van der Waals surface area (Å²) in [6, 6.07) is 14.3. The summed E-state index contributed by atoms with van der Waals surface area (Å²) in [6.45, 7) is 0. The van der Waals surface area contributed by atoms with Gasteiger partial charge >= 0.3 is 11.7 Å². The molecule has 2 aliphatic heterocycles. The summed E-state index contributed by atoms with van der Waals surface area (Å²) in [7, 11) is 6.50. The van der Waals surface area contributed by atoms with E-state index < -0.39 is 5.92 Å². The van der Waals surface area contributed by atoms with Gasteiger partial charge in [-0.15, -0.1) is 0 Å². The van der Waals surface area contributed by atoms with E-state index >= 15 is 0 Å². The van der Waals surface area contributed by atoms with Crippen molar-refractivity contribution in [3.8, 4) is 23.0 Å².